The zero-order valence-electron chi connectivity index (χ0n) is 10.6. The van der Waals surface area contributed by atoms with E-state index in [-0.39, 0.29) is 18.7 Å². The highest BCUT2D eigenvalue weighted by Crippen LogP contribution is 2.00. The van der Waals surface area contributed by atoms with Crippen LogP contribution in [-0.2, 0) is 14.3 Å². The molecule has 0 aromatic heterocycles. The Balaban J connectivity index is 2.38. The molecule has 0 spiro atoms. The van der Waals surface area contributed by atoms with Crippen LogP contribution < -0.4 is 5.32 Å². The van der Waals surface area contributed by atoms with Gasteiger partial charge in [-0.3, -0.25) is 14.4 Å². The largest absolute Gasteiger partial charge is 0.469 e. The van der Waals surface area contributed by atoms with Crippen molar-refractivity contribution in [3.05, 3.63) is 48.0 Å². The van der Waals surface area contributed by atoms with E-state index in [1.807, 2.05) is 0 Å². The van der Waals surface area contributed by atoms with E-state index >= 15 is 0 Å². The van der Waals surface area contributed by atoms with Crippen LogP contribution in [0, 0.1) is 0 Å². The molecule has 1 aromatic carbocycles. The van der Waals surface area contributed by atoms with Crippen LogP contribution >= 0.6 is 0 Å². The normalized spacial score (nSPS) is 10.2. The van der Waals surface area contributed by atoms with Gasteiger partial charge < -0.3 is 10.1 Å². The average molecular weight is 261 g/mol. The summed E-state index contributed by atoms with van der Waals surface area (Å²) in [5.41, 5.74) is 0.515. The van der Waals surface area contributed by atoms with Gasteiger partial charge in [0.2, 0.25) is 5.91 Å². The van der Waals surface area contributed by atoms with Gasteiger partial charge in [0, 0.05) is 18.2 Å². The third-order valence-electron chi connectivity index (χ3n) is 2.30. The number of hydrogen-bond acceptors (Lipinski definition) is 4. The van der Waals surface area contributed by atoms with Crippen molar-refractivity contribution in [3.8, 4) is 0 Å². The molecule has 0 radical (unpaired) electrons. The predicted molar refractivity (Wildman–Crippen MR) is 69.6 cm³/mol. The first-order valence-electron chi connectivity index (χ1n) is 5.75. The Kier molecular flexibility index (Phi) is 6.02. The summed E-state index contributed by atoms with van der Waals surface area (Å²) in [6.45, 7) is 0.176. The van der Waals surface area contributed by atoms with Crippen LogP contribution in [0.15, 0.2) is 42.5 Å². The molecular formula is C14H15NO4. The van der Waals surface area contributed by atoms with Gasteiger partial charge in [-0.15, -0.1) is 0 Å². The van der Waals surface area contributed by atoms with Crippen molar-refractivity contribution in [1.82, 2.24) is 5.32 Å². The molecule has 0 bridgehead atoms. The average Bonchev–Trinajstić information content (AvgIpc) is 2.45. The molecule has 1 rings (SSSR count). The van der Waals surface area contributed by atoms with Gasteiger partial charge in [0.1, 0.15) is 0 Å². The Bertz CT molecular complexity index is 479. The second-order valence-electron chi connectivity index (χ2n) is 3.68. The molecule has 1 N–H and O–H groups in total. The molecule has 0 aliphatic rings. The molecule has 1 aromatic rings. The second kappa shape index (κ2) is 7.81. The Labute approximate surface area is 111 Å². The predicted octanol–water partition coefficient (Wildman–Crippen LogP) is 1.10. The molecule has 5 heteroatoms. The minimum atomic E-state index is -0.423. The van der Waals surface area contributed by atoms with E-state index in [4.69, 9.17) is 0 Å². The fourth-order valence-electron chi connectivity index (χ4n) is 1.30. The molecule has 0 aliphatic heterocycles. The summed E-state index contributed by atoms with van der Waals surface area (Å²) in [7, 11) is 1.28. The van der Waals surface area contributed by atoms with Gasteiger partial charge in [-0.25, -0.2) is 0 Å². The Morgan fingerprint density at radius 3 is 2.47 bits per heavy atom. The lowest BCUT2D eigenvalue weighted by Crippen LogP contribution is -2.24. The summed E-state index contributed by atoms with van der Waals surface area (Å²) in [4.78, 5) is 33.8. The number of ketones is 1. The maximum Gasteiger partial charge on any atom is 0.307 e. The third-order valence-corrected chi connectivity index (χ3v) is 2.30. The maximum absolute atomic E-state index is 11.6. The minimum absolute atomic E-state index is 0.0999. The van der Waals surface area contributed by atoms with E-state index in [0.29, 0.717) is 5.56 Å². The lowest BCUT2D eigenvalue weighted by atomic mass is 10.1. The smallest absolute Gasteiger partial charge is 0.307 e. The van der Waals surface area contributed by atoms with Crippen molar-refractivity contribution in [1.29, 1.82) is 0 Å². The standard InChI is InChI=1S/C14H15NO4/c1-19-14(18)9-10-15-13(17)8-7-12(16)11-5-3-2-4-6-11/h2-8H,9-10H2,1H3,(H,15,17). The summed E-state index contributed by atoms with van der Waals surface area (Å²) in [6.07, 6.45) is 2.44. The second-order valence-corrected chi connectivity index (χ2v) is 3.68. The van der Waals surface area contributed by atoms with E-state index in [1.54, 1.807) is 30.3 Å². The monoisotopic (exact) mass is 261 g/mol. The van der Waals surface area contributed by atoms with Crippen molar-refractivity contribution in [2.75, 3.05) is 13.7 Å². The molecule has 0 atom stereocenters. The lowest BCUT2D eigenvalue weighted by Gasteiger charge is -2.00. The zero-order valence-corrected chi connectivity index (χ0v) is 10.6. The number of nitrogens with one attached hydrogen (secondary N) is 1. The fourth-order valence-corrected chi connectivity index (χ4v) is 1.30. The summed E-state index contributed by atoms with van der Waals surface area (Å²) >= 11 is 0. The van der Waals surface area contributed by atoms with Crippen LogP contribution in [0.1, 0.15) is 16.8 Å². The SMILES string of the molecule is COC(=O)CCNC(=O)C=CC(=O)c1ccccc1. The molecule has 0 heterocycles. The molecule has 1 amide bonds. The van der Waals surface area contributed by atoms with Crippen molar-refractivity contribution in [2.45, 2.75) is 6.42 Å². The van der Waals surface area contributed by atoms with E-state index < -0.39 is 11.9 Å². The molecule has 0 unspecified atom stereocenters. The highest BCUT2D eigenvalue weighted by Gasteiger charge is 2.03. The van der Waals surface area contributed by atoms with E-state index in [2.05, 4.69) is 10.1 Å². The Morgan fingerprint density at radius 2 is 1.84 bits per heavy atom. The zero-order chi connectivity index (χ0) is 14.1. The molecule has 5 nitrogen and oxygen atoms in total. The highest BCUT2D eigenvalue weighted by atomic mass is 16.5. The van der Waals surface area contributed by atoms with Gasteiger partial charge in [0.05, 0.1) is 13.5 Å². The molecule has 0 aliphatic carbocycles. The first kappa shape index (κ1) is 14.6. The molecular weight excluding hydrogens is 246 g/mol. The van der Waals surface area contributed by atoms with Crippen LogP contribution in [0.4, 0.5) is 0 Å². The molecule has 19 heavy (non-hydrogen) atoms. The van der Waals surface area contributed by atoms with Gasteiger partial charge in [0.15, 0.2) is 5.78 Å². The van der Waals surface area contributed by atoms with Crippen LogP contribution in [0.2, 0.25) is 0 Å². The third kappa shape index (κ3) is 5.63. The summed E-state index contributed by atoms with van der Waals surface area (Å²) in [5.74, 6) is -1.07. The number of amides is 1. The number of methoxy groups -OCH3 is 1. The number of benzene rings is 1. The Hall–Kier alpha value is -2.43. The van der Waals surface area contributed by atoms with Crippen LogP contribution in [0.3, 0.4) is 0 Å². The number of rotatable bonds is 6. The van der Waals surface area contributed by atoms with E-state index in [1.165, 1.54) is 13.2 Å². The highest BCUT2D eigenvalue weighted by molar-refractivity contribution is 6.07. The summed E-state index contributed by atoms with van der Waals surface area (Å²) in [6, 6.07) is 8.64. The van der Waals surface area contributed by atoms with Crippen molar-refractivity contribution in [2.24, 2.45) is 0 Å². The number of carbonyl (C=O) groups excluding carboxylic acids is 3. The molecule has 0 saturated carbocycles. The van der Waals surface area contributed by atoms with Crippen LogP contribution in [0.25, 0.3) is 0 Å². The van der Waals surface area contributed by atoms with Gasteiger partial charge in [-0.05, 0) is 6.08 Å². The number of hydrogen-bond donors (Lipinski definition) is 1. The molecule has 0 fully saturated rings. The van der Waals surface area contributed by atoms with Crippen molar-refractivity contribution >= 4 is 17.7 Å². The molecule has 0 saturated heterocycles. The van der Waals surface area contributed by atoms with Gasteiger partial charge in [0.25, 0.3) is 0 Å². The minimum Gasteiger partial charge on any atom is -0.469 e. The van der Waals surface area contributed by atoms with Gasteiger partial charge in [-0.2, -0.15) is 0 Å². The van der Waals surface area contributed by atoms with Gasteiger partial charge in [-0.1, -0.05) is 30.3 Å². The van der Waals surface area contributed by atoms with E-state index in [9.17, 15) is 14.4 Å². The van der Waals surface area contributed by atoms with Crippen LogP contribution in [-0.4, -0.2) is 31.3 Å². The first-order chi connectivity index (χ1) is 9.13. The number of ether oxygens (including phenoxy) is 1. The Morgan fingerprint density at radius 1 is 1.16 bits per heavy atom. The fraction of sp³-hybridized carbons (Fsp3) is 0.214. The number of carbonyl (C=O) groups is 3. The van der Waals surface area contributed by atoms with Gasteiger partial charge >= 0.3 is 5.97 Å². The van der Waals surface area contributed by atoms with E-state index in [0.717, 1.165) is 6.08 Å². The van der Waals surface area contributed by atoms with Crippen LogP contribution in [0.5, 0.6) is 0 Å². The van der Waals surface area contributed by atoms with Crippen molar-refractivity contribution in [3.63, 3.8) is 0 Å². The topological polar surface area (TPSA) is 72.5 Å². The molecule has 100 valence electrons. The lowest BCUT2D eigenvalue weighted by molar-refractivity contribution is -0.140. The first-order valence-corrected chi connectivity index (χ1v) is 5.75. The quantitative estimate of drug-likeness (QED) is 0.473. The number of allylic oxidation sites excluding steroid dienone is 1. The maximum atomic E-state index is 11.6. The summed E-state index contributed by atoms with van der Waals surface area (Å²) < 4.78 is 4.43. The number of esters is 1. The summed E-state index contributed by atoms with van der Waals surface area (Å²) in [5, 5.41) is 2.48. The van der Waals surface area contributed by atoms with Crippen molar-refractivity contribution < 1.29 is 19.1 Å².